The second kappa shape index (κ2) is 7.57. The van der Waals surface area contributed by atoms with Crippen molar-refractivity contribution in [3.05, 3.63) is 70.8 Å². The number of carbonyl (C=O) groups is 2. The van der Waals surface area contributed by atoms with Crippen LogP contribution in [0.15, 0.2) is 48.5 Å². The number of benzene rings is 2. The van der Waals surface area contributed by atoms with Gasteiger partial charge in [0, 0.05) is 12.1 Å². The number of nitrogens with one attached hydrogen (secondary N) is 2. The summed E-state index contributed by atoms with van der Waals surface area (Å²) in [6.45, 7) is 8.08. The predicted molar refractivity (Wildman–Crippen MR) is 119 cm³/mol. The summed E-state index contributed by atoms with van der Waals surface area (Å²) in [5.74, 6) is 0.149. The second-order valence-electron chi connectivity index (χ2n) is 9.32. The van der Waals surface area contributed by atoms with E-state index in [2.05, 4.69) is 48.7 Å². The van der Waals surface area contributed by atoms with Crippen LogP contribution in [0.5, 0.6) is 0 Å². The maximum absolute atomic E-state index is 13.1. The van der Waals surface area contributed by atoms with Crippen molar-refractivity contribution in [1.29, 1.82) is 0 Å². The highest BCUT2D eigenvalue weighted by molar-refractivity contribution is 5.93. The van der Waals surface area contributed by atoms with Gasteiger partial charge in [-0.05, 0) is 75.6 Å². The van der Waals surface area contributed by atoms with Crippen LogP contribution in [0, 0.1) is 13.8 Å². The van der Waals surface area contributed by atoms with E-state index in [1.807, 2.05) is 38.1 Å². The first-order chi connectivity index (χ1) is 14.3. The van der Waals surface area contributed by atoms with Gasteiger partial charge in [0.15, 0.2) is 0 Å². The first kappa shape index (κ1) is 20.6. The van der Waals surface area contributed by atoms with Crippen LogP contribution in [0.25, 0.3) is 0 Å². The maximum Gasteiger partial charge on any atom is 0.230 e. The molecular formula is C26H32N2O2. The van der Waals surface area contributed by atoms with E-state index in [1.54, 1.807) is 0 Å². The Bertz CT molecular complexity index is 893. The summed E-state index contributed by atoms with van der Waals surface area (Å²) in [5.41, 5.74) is 3.77. The van der Waals surface area contributed by atoms with Crippen molar-refractivity contribution in [2.45, 2.75) is 76.3 Å². The molecule has 2 atom stereocenters. The lowest BCUT2D eigenvalue weighted by Gasteiger charge is -2.28. The molecular weight excluding hydrogens is 372 g/mol. The first-order valence-electron chi connectivity index (χ1n) is 11.0. The van der Waals surface area contributed by atoms with E-state index in [0.717, 1.165) is 47.9 Å². The molecule has 30 heavy (non-hydrogen) atoms. The van der Waals surface area contributed by atoms with Crippen molar-refractivity contribution in [3.8, 4) is 0 Å². The Morgan fingerprint density at radius 2 is 1.03 bits per heavy atom. The second-order valence-corrected chi connectivity index (χ2v) is 9.32. The lowest BCUT2D eigenvalue weighted by Crippen LogP contribution is -2.52. The van der Waals surface area contributed by atoms with Crippen LogP contribution < -0.4 is 10.6 Å². The van der Waals surface area contributed by atoms with Crippen LogP contribution >= 0.6 is 0 Å². The Hall–Kier alpha value is -2.62. The minimum atomic E-state index is -0.401. The molecule has 4 rings (SSSR count). The minimum absolute atomic E-state index is 0.0745. The SMILES string of the molecule is Cc1ccccc1C1(C(=O)NC(C)C(C)NC(=O)C2(c3ccccc3C)CC2)CC1. The van der Waals surface area contributed by atoms with Crippen LogP contribution in [0.1, 0.15) is 61.8 Å². The summed E-state index contributed by atoms with van der Waals surface area (Å²) >= 11 is 0. The topological polar surface area (TPSA) is 58.2 Å². The van der Waals surface area contributed by atoms with Crippen molar-refractivity contribution in [2.24, 2.45) is 0 Å². The van der Waals surface area contributed by atoms with Gasteiger partial charge < -0.3 is 10.6 Å². The number of carbonyl (C=O) groups excluding carboxylic acids is 2. The molecule has 2 saturated carbocycles. The van der Waals surface area contributed by atoms with Gasteiger partial charge >= 0.3 is 0 Å². The smallest absolute Gasteiger partial charge is 0.230 e. The fourth-order valence-electron chi connectivity index (χ4n) is 4.65. The van der Waals surface area contributed by atoms with Gasteiger partial charge in [-0.15, -0.1) is 0 Å². The first-order valence-corrected chi connectivity index (χ1v) is 11.0. The Balaban J connectivity index is 1.41. The zero-order valence-electron chi connectivity index (χ0n) is 18.4. The molecule has 0 aromatic heterocycles. The van der Waals surface area contributed by atoms with Crippen LogP contribution in [-0.4, -0.2) is 23.9 Å². The fraction of sp³-hybridized carbons (Fsp3) is 0.462. The van der Waals surface area contributed by atoms with Gasteiger partial charge in [0.25, 0.3) is 0 Å². The van der Waals surface area contributed by atoms with E-state index in [-0.39, 0.29) is 23.9 Å². The van der Waals surface area contributed by atoms with Gasteiger partial charge in [-0.2, -0.15) is 0 Å². The normalized spacial score (nSPS) is 20.0. The molecule has 0 aliphatic heterocycles. The summed E-state index contributed by atoms with van der Waals surface area (Å²) in [6.07, 6.45) is 3.53. The van der Waals surface area contributed by atoms with Crippen LogP contribution in [0.3, 0.4) is 0 Å². The summed E-state index contributed by atoms with van der Waals surface area (Å²) in [6, 6.07) is 16.0. The standard InChI is InChI=1S/C26H32N2O2/c1-17-9-5-7-11-21(17)25(13-14-25)23(29)27-19(3)20(4)28-24(30)26(15-16-26)22-12-8-6-10-18(22)2/h5-12,19-20H,13-16H2,1-4H3,(H,27,29)(H,28,30). The van der Waals surface area contributed by atoms with E-state index in [1.165, 1.54) is 0 Å². The zero-order valence-corrected chi connectivity index (χ0v) is 18.4. The molecule has 2 aliphatic carbocycles. The van der Waals surface area contributed by atoms with Crippen molar-refractivity contribution < 1.29 is 9.59 Å². The Kier molecular flexibility index (Phi) is 5.21. The molecule has 2 aromatic rings. The maximum atomic E-state index is 13.1. The molecule has 0 saturated heterocycles. The quantitative estimate of drug-likeness (QED) is 0.731. The molecule has 2 N–H and O–H groups in total. The number of aryl methyl sites for hydroxylation is 2. The molecule has 0 heterocycles. The summed E-state index contributed by atoms with van der Waals surface area (Å²) < 4.78 is 0. The average molecular weight is 405 g/mol. The van der Waals surface area contributed by atoms with Crippen molar-refractivity contribution in [3.63, 3.8) is 0 Å². The van der Waals surface area contributed by atoms with Crippen molar-refractivity contribution >= 4 is 11.8 Å². The number of hydrogen-bond donors (Lipinski definition) is 2. The Morgan fingerprint density at radius 1 is 0.700 bits per heavy atom. The molecule has 4 nitrogen and oxygen atoms in total. The van der Waals surface area contributed by atoms with E-state index in [4.69, 9.17) is 0 Å². The molecule has 2 aliphatic rings. The Labute approximate surface area is 179 Å². The molecule has 2 unspecified atom stereocenters. The van der Waals surface area contributed by atoms with Crippen LogP contribution in [0.4, 0.5) is 0 Å². The highest BCUT2D eigenvalue weighted by atomic mass is 16.2. The minimum Gasteiger partial charge on any atom is -0.351 e. The van der Waals surface area contributed by atoms with Crippen LogP contribution in [-0.2, 0) is 20.4 Å². The van der Waals surface area contributed by atoms with E-state index < -0.39 is 10.8 Å². The van der Waals surface area contributed by atoms with Crippen molar-refractivity contribution in [1.82, 2.24) is 10.6 Å². The van der Waals surface area contributed by atoms with E-state index in [0.29, 0.717) is 0 Å². The van der Waals surface area contributed by atoms with Gasteiger partial charge in [-0.25, -0.2) is 0 Å². The number of rotatable bonds is 7. The number of hydrogen-bond acceptors (Lipinski definition) is 2. The van der Waals surface area contributed by atoms with Crippen LogP contribution in [0.2, 0.25) is 0 Å². The fourth-order valence-corrected chi connectivity index (χ4v) is 4.65. The molecule has 0 spiro atoms. The lowest BCUT2D eigenvalue weighted by molar-refractivity contribution is -0.126. The molecule has 158 valence electrons. The largest absolute Gasteiger partial charge is 0.351 e. The van der Waals surface area contributed by atoms with Gasteiger partial charge in [0.05, 0.1) is 10.8 Å². The molecule has 0 radical (unpaired) electrons. The lowest BCUT2D eigenvalue weighted by atomic mass is 9.90. The molecule has 0 bridgehead atoms. The molecule has 2 aromatic carbocycles. The number of amides is 2. The van der Waals surface area contributed by atoms with Gasteiger partial charge in [0.1, 0.15) is 0 Å². The molecule has 4 heteroatoms. The Morgan fingerprint density at radius 3 is 1.33 bits per heavy atom. The molecule has 2 amide bonds. The summed E-state index contributed by atoms with van der Waals surface area (Å²) in [5, 5.41) is 6.37. The summed E-state index contributed by atoms with van der Waals surface area (Å²) in [4.78, 5) is 26.3. The summed E-state index contributed by atoms with van der Waals surface area (Å²) in [7, 11) is 0. The van der Waals surface area contributed by atoms with Gasteiger partial charge in [0.2, 0.25) is 11.8 Å². The van der Waals surface area contributed by atoms with Gasteiger partial charge in [-0.1, -0.05) is 48.5 Å². The van der Waals surface area contributed by atoms with E-state index in [9.17, 15) is 9.59 Å². The van der Waals surface area contributed by atoms with Crippen molar-refractivity contribution in [2.75, 3.05) is 0 Å². The monoisotopic (exact) mass is 404 g/mol. The highest BCUT2D eigenvalue weighted by Gasteiger charge is 2.53. The highest BCUT2D eigenvalue weighted by Crippen LogP contribution is 2.50. The third-order valence-electron chi connectivity index (χ3n) is 7.16. The third kappa shape index (κ3) is 3.53. The predicted octanol–water partition coefficient (Wildman–Crippen LogP) is 4.08. The zero-order chi connectivity index (χ0) is 21.5. The third-order valence-corrected chi connectivity index (χ3v) is 7.16. The van der Waals surface area contributed by atoms with E-state index >= 15 is 0 Å². The van der Waals surface area contributed by atoms with Gasteiger partial charge in [-0.3, -0.25) is 9.59 Å². The average Bonchev–Trinajstić information content (AvgIpc) is 3.62. The molecule has 2 fully saturated rings.